The first-order valence-electron chi connectivity index (χ1n) is 5.23. The third kappa shape index (κ3) is 4.31. The fourth-order valence-electron chi connectivity index (χ4n) is 1.17. The topological polar surface area (TPSA) is 83.5 Å². The first-order valence-corrected chi connectivity index (χ1v) is 6.78. The van der Waals surface area contributed by atoms with Crippen molar-refractivity contribution in [2.45, 2.75) is 19.4 Å². The molecule has 1 aromatic rings. The fraction of sp³-hybridized carbons (Fsp3) is 0.250. The predicted molar refractivity (Wildman–Crippen MR) is 69.2 cm³/mol. The van der Waals surface area contributed by atoms with Gasteiger partial charge in [-0.1, -0.05) is 30.3 Å². The second-order valence-electron chi connectivity index (χ2n) is 4.29. The fourth-order valence-corrected chi connectivity index (χ4v) is 2.37. The number of hydrogen-bond donors (Lipinski definition) is 2. The summed E-state index contributed by atoms with van der Waals surface area (Å²) in [5.41, 5.74) is -0.823. The number of nitrogens with one attached hydrogen (secondary N) is 1. The minimum absolute atomic E-state index is 0.719. The quantitative estimate of drug-likeness (QED) is 0.847. The molecule has 5 nitrogen and oxygen atoms in total. The Morgan fingerprint density at radius 2 is 1.83 bits per heavy atom. The first kappa shape index (κ1) is 14.4. The van der Waals surface area contributed by atoms with Gasteiger partial charge in [-0.25, -0.2) is 8.42 Å². The van der Waals surface area contributed by atoms with Gasteiger partial charge >= 0.3 is 5.97 Å². The number of carboxylic acids is 1. The van der Waals surface area contributed by atoms with Gasteiger partial charge in [0, 0.05) is 5.41 Å². The van der Waals surface area contributed by atoms with Crippen LogP contribution in [0.15, 0.2) is 35.7 Å². The Balaban J connectivity index is 2.84. The van der Waals surface area contributed by atoms with Gasteiger partial charge in [0.25, 0.3) is 0 Å². The molecule has 98 valence electrons. The van der Waals surface area contributed by atoms with E-state index in [9.17, 15) is 13.2 Å². The molecule has 0 bridgehead atoms. The van der Waals surface area contributed by atoms with Crippen molar-refractivity contribution >= 4 is 22.1 Å². The summed E-state index contributed by atoms with van der Waals surface area (Å²) in [5.74, 6) is -1.24. The Morgan fingerprint density at radius 3 is 2.33 bits per heavy atom. The van der Waals surface area contributed by atoms with Crippen molar-refractivity contribution in [3.05, 3.63) is 41.3 Å². The monoisotopic (exact) mass is 269 g/mol. The largest absolute Gasteiger partial charge is 0.480 e. The summed E-state index contributed by atoms with van der Waals surface area (Å²) in [6.07, 6.45) is 1.40. The molecule has 0 radical (unpaired) electrons. The van der Waals surface area contributed by atoms with Crippen LogP contribution in [0.5, 0.6) is 0 Å². The Kier molecular flexibility index (Phi) is 4.26. The highest BCUT2D eigenvalue weighted by Crippen LogP contribution is 2.07. The highest BCUT2D eigenvalue weighted by Gasteiger charge is 2.31. The summed E-state index contributed by atoms with van der Waals surface area (Å²) in [7, 11) is -3.79. The van der Waals surface area contributed by atoms with E-state index < -0.39 is 21.5 Å². The van der Waals surface area contributed by atoms with Gasteiger partial charge in [-0.3, -0.25) is 4.79 Å². The van der Waals surface area contributed by atoms with Crippen LogP contribution >= 0.6 is 0 Å². The maximum Gasteiger partial charge on any atom is 0.324 e. The zero-order valence-electron chi connectivity index (χ0n) is 10.1. The number of carbonyl (C=O) groups is 1. The zero-order valence-corrected chi connectivity index (χ0v) is 10.9. The minimum atomic E-state index is -3.79. The molecular formula is C12H15NO4S. The average molecular weight is 269 g/mol. The number of sulfonamides is 1. The van der Waals surface area contributed by atoms with Crippen molar-refractivity contribution in [3.63, 3.8) is 0 Å². The third-order valence-corrected chi connectivity index (χ3v) is 3.46. The van der Waals surface area contributed by atoms with Gasteiger partial charge < -0.3 is 5.11 Å². The highest BCUT2D eigenvalue weighted by molar-refractivity contribution is 7.92. The Bertz CT molecular complexity index is 547. The molecule has 2 N–H and O–H groups in total. The van der Waals surface area contributed by atoms with Gasteiger partial charge in [-0.15, -0.1) is 0 Å². The van der Waals surface area contributed by atoms with Gasteiger partial charge in [0.15, 0.2) is 0 Å². The second kappa shape index (κ2) is 5.32. The molecule has 0 saturated carbocycles. The van der Waals surface area contributed by atoms with Crippen LogP contribution in [0.1, 0.15) is 19.4 Å². The summed E-state index contributed by atoms with van der Waals surface area (Å²) < 4.78 is 25.4. The van der Waals surface area contributed by atoms with Crippen LogP contribution in [0.4, 0.5) is 0 Å². The third-order valence-electron chi connectivity index (χ3n) is 2.17. The molecule has 6 heteroatoms. The molecular weight excluding hydrogens is 254 g/mol. The van der Waals surface area contributed by atoms with Crippen molar-refractivity contribution in [2.24, 2.45) is 0 Å². The Labute approximate surface area is 106 Å². The summed E-state index contributed by atoms with van der Waals surface area (Å²) in [4.78, 5) is 10.8. The van der Waals surface area contributed by atoms with E-state index in [-0.39, 0.29) is 0 Å². The van der Waals surface area contributed by atoms with Crippen LogP contribution in [-0.2, 0) is 14.8 Å². The Hall–Kier alpha value is -1.66. The van der Waals surface area contributed by atoms with E-state index in [4.69, 9.17) is 5.11 Å². The number of carboxylic acid groups (broad SMARTS) is 1. The van der Waals surface area contributed by atoms with E-state index in [1.807, 2.05) is 6.07 Å². The lowest BCUT2D eigenvalue weighted by Gasteiger charge is -2.19. The van der Waals surface area contributed by atoms with Gasteiger partial charge in [-0.2, -0.15) is 4.72 Å². The van der Waals surface area contributed by atoms with Crippen LogP contribution in [0.25, 0.3) is 6.08 Å². The number of benzene rings is 1. The van der Waals surface area contributed by atoms with E-state index >= 15 is 0 Å². The molecule has 1 rings (SSSR count). The van der Waals surface area contributed by atoms with Crippen LogP contribution in [-0.4, -0.2) is 25.0 Å². The van der Waals surface area contributed by atoms with Crippen LogP contribution in [0, 0.1) is 0 Å². The van der Waals surface area contributed by atoms with Crippen LogP contribution in [0.2, 0.25) is 0 Å². The molecule has 0 spiro atoms. The van der Waals surface area contributed by atoms with Crippen molar-refractivity contribution in [1.82, 2.24) is 4.72 Å². The average Bonchev–Trinajstić information content (AvgIpc) is 2.26. The maximum atomic E-state index is 11.7. The van der Waals surface area contributed by atoms with E-state index in [0.717, 1.165) is 11.0 Å². The van der Waals surface area contributed by atoms with Gasteiger partial charge in [0.2, 0.25) is 10.0 Å². The molecule has 0 amide bonds. The number of aliphatic carboxylic acids is 1. The smallest absolute Gasteiger partial charge is 0.324 e. The molecule has 0 fully saturated rings. The molecule has 0 heterocycles. The summed E-state index contributed by atoms with van der Waals surface area (Å²) in [5, 5.41) is 9.79. The lowest BCUT2D eigenvalue weighted by Crippen LogP contribution is -2.48. The normalized spacial score (nSPS) is 12.8. The van der Waals surface area contributed by atoms with E-state index in [1.54, 1.807) is 24.3 Å². The Morgan fingerprint density at radius 1 is 1.28 bits per heavy atom. The van der Waals surface area contributed by atoms with Crippen molar-refractivity contribution < 1.29 is 18.3 Å². The standard InChI is InChI=1S/C12H15NO4S/c1-12(2,11(14)15)13-18(16,17)9-8-10-6-4-3-5-7-10/h3-9,13H,1-2H3,(H,14,15)/b9-8+. The molecule has 18 heavy (non-hydrogen) atoms. The SMILES string of the molecule is CC(C)(NS(=O)(=O)/C=C/c1ccccc1)C(=O)O. The molecule has 1 aromatic carbocycles. The summed E-state index contributed by atoms with van der Waals surface area (Å²) in [6.45, 7) is 2.56. The molecule has 0 aromatic heterocycles. The molecule has 0 unspecified atom stereocenters. The second-order valence-corrected chi connectivity index (χ2v) is 5.86. The lowest BCUT2D eigenvalue weighted by atomic mass is 10.1. The predicted octanol–water partition coefficient (Wildman–Crippen LogP) is 1.44. The van der Waals surface area contributed by atoms with Crippen molar-refractivity contribution in [2.75, 3.05) is 0 Å². The van der Waals surface area contributed by atoms with E-state index in [2.05, 4.69) is 4.72 Å². The minimum Gasteiger partial charge on any atom is -0.480 e. The van der Waals surface area contributed by atoms with Gasteiger partial charge in [0.1, 0.15) is 5.54 Å². The number of rotatable bonds is 5. The van der Waals surface area contributed by atoms with Crippen molar-refractivity contribution in [3.8, 4) is 0 Å². The van der Waals surface area contributed by atoms with Gasteiger partial charge in [-0.05, 0) is 25.5 Å². The molecule has 0 aliphatic rings. The summed E-state index contributed by atoms with van der Waals surface area (Å²) >= 11 is 0. The highest BCUT2D eigenvalue weighted by atomic mass is 32.2. The zero-order chi connectivity index (χ0) is 13.8. The first-order chi connectivity index (χ1) is 8.23. The molecule has 0 saturated heterocycles. The lowest BCUT2D eigenvalue weighted by molar-refractivity contribution is -0.142. The van der Waals surface area contributed by atoms with Crippen molar-refractivity contribution in [1.29, 1.82) is 0 Å². The van der Waals surface area contributed by atoms with Gasteiger partial charge in [0.05, 0.1) is 0 Å². The number of hydrogen-bond acceptors (Lipinski definition) is 3. The maximum absolute atomic E-state index is 11.7. The summed E-state index contributed by atoms with van der Waals surface area (Å²) in [6, 6.07) is 8.86. The van der Waals surface area contributed by atoms with E-state index in [0.29, 0.717) is 0 Å². The molecule has 0 atom stereocenters. The molecule has 0 aliphatic carbocycles. The molecule has 0 aliphatic heterocycles. The van der Waals surface area contributed by atoms with E-state index in [1.165, 1.54) is 19.9 Å². The van der Waals surface area contributed by atoms with Crippen LogP contribution < -0.4 is 4.72 Å². The van der Waals surface area contributed by atoms with Crippen LogP contribution in [0.3, 0.4) is 0 Å².